The highest BCUT2D eigenvalue weighted by molar-refractivity contribution is 4.79. The van der Waals surface area contributed by atoms with Gasteiger partial charge in [0.1, 0.15) is 0 Å². The average Bonchev–Trinajstić information content (AvgIpc) is 2.24. The third-order valence-corrected chi connectivity index (χ3v) is 3.90. The molecule has 2 atom stereocenters. The standard InChI is InChI=1S/C15H33N3/c1-15(2,3)11-13(16)8-10-18-9-6-7-14(12-18)17(4)5/h13-14H,6-12,16H2,1-5H3. The number of nitrogens with zero attached hydrogens (tertiary/aromatic N) is 2. The second kappa shape index (κ2) is 6.88. The van der Waals surface area contributed by atoms with Crippen LogP contribution in [0.1, 0.15) is 46.5 Å². The number of piperidine rings is 1. The van der Waals surface area contributed by atoms with Crippen molar-refractivity contribution >= 4 is 0 Å². The highest BCUT2D eigenvalue weighted by Gasteiger charge is 2.22. The predicted molar refractivity (Wildman–Crippen MR) is 79.8 cm³/mol. The van der Waals surface area contributed by atoms with Gasteiger partial charge in [-0.3, -0.25) is 0 Å². The molecule has 1 aliphatic heterocycles. The Balaban J connectivity index is 2.26. The van der Waals surface area contributed by atoms with Gasteiger partial charge in [0.15, 0.2) is 0 Å². The SMILES string of the molecule is CN(C)C1CCCN(CCC(N)CC(C)(C)C)C1. The van der Waals surface area contributed by atoms with Gasteiger partial charge in [0.05, 0.1) is 0 Å². The Labute approximate surface area is 114 Å². The third kappa shape index (κ3) is 6.17. The molecular weight excluding hydrogens is 222 g/mol. The minimum Gasteiger partial charge on any atom is -0.328 e. The van der Waals surface area contributed by atoms with Gasteiger partial charge in [-0.1, -0.05) is 20.8 Å². The Morgan fingerprint density at radius 1 is 1.33 bits per heavy atom. The molecule has 0 radical (unpaired) electrons. The van der Waals surface area contributed by atoms with Gasteiger partial charge in [0, 0.05) is 18.6 Å². The predicted octanol–water partition coefficient (Wildman–Crippen LogP) is 2.17. The first kappa shape index (κ1) is 15.9. The minimum absolute atomic E-state index is 0.352. The van der Waals surface area contributed by atoms with Crippen LogP contribution in [0.2, 0.25) is 0 Å². The molecule has 1 aliphatic rings. The lowest BCUT2D eigenvalue weighted by Crippen LogP contribution is -2.46. The summed E-state index contributed by atoms with van der Waals surface area (Å²) in [7, 11) is 4.39. The van der Waals surface area contributed by atoms with Crippen molar-refractivity contribution in [2.75, 3.05) is 33.7 Å². The van der Waals surface area contributed by atoms with Crippen LogP contribution in [0.25, 0.3) is 0 Å². The van der Waals surface area contributed by atoms with E-state index in [1.807, 2.05) is 0 Å². The van der Waals surface area contributed by atoms with Crippen molar-refractivity contribution in [3.8, 4) is 0 Å². The third-order valence-electron chi connectivity index (χ3n) is 3.90. The zero-order valence-electron chi connectivity index (χ0n) is 13.1. The molecule has 1 fully saturated rings. The Morgan fingerprint density at radius 2 is 2.00 bits per heavy atom. The van der Waals surface area contributed by atoms with E-state index >= 15 is 0 Å². The number of hydrogen-bond donors (Lipinski definition) is 1. The summed E-state index contributed by atoms with van der Waals surface area (Å²) < 4.78 is 0. The summed E-state index contributed by atoms with van der Waals surface area (Å²) in [5, 5.41) is 0. The van der Waals surface area contributed by atoms with Crippen molar-refractivity contribution in [2.24, 2.45) is 11.1 Å². The van der Waals surface area contributed by atoms with Crippen LogP contribution in [0, 0.1) is 5.41 Å². The van der Waals surface area contributed by atoms with Gasteiger partial charge < -0.3 is 15.5 Å². The molecule has 0 amide bonds. The first-order chi connectivity index (χ1) is 8.28. The van der Waals surface area contributed by atoms with Crippen LogP contribution in [0.4, 0.5) is 0 Å². The van der Waals surface area contributed by atoms with Crippen molar-refractivity contribution in [3.05, 3.63) is 0 Å². The van der Waals surface area contributed by atoms with Crippen molar-refractivity contribution in [1.82, 2.24) is 9.80 Å². The molecule has 3 nitrogen and oxygen atoms in total. The van der Waals surface area contributed by atoms with E-state index < -0.39 is 0 Å². The lowest BCUT2D eigenvalue weighted by atomic mass is 9.87. The molecule has 108 valence electrons. The van der Waals surface area contributed by atoms with Gasteiger partial charge in [0.2, 0.25) is 0 Å². The van der Waals surface area contributed by atoms with Crippen LogP contribution in [0.3, 0.4) is 0 Å². The van der Waals surface area contributed by atoms with E-state index in [2.05, 4.69) is 44.7 Å². The summed E-state index contributed by atoms with van der Waals surface area (Å²) >= 11 is 0. The van der Waals surface area contributed by atoms with Crippen LogP contribution < -0.4 is 5.73 Å². The molecule has 1 saturated heterocycles. The molecule has 0 aromatic carbocycles. The van der Waals surface area contributed by atoms with Crippen LogP contribution in [0.15, 0.2) is 0 Å². The highest BCUT2D eigenvalue weighted by Crippen LogP contribution is 2.21. The molecule has 0 aliphatic carbocycles. The lowest BCUT2D eigenvalue weighted by molar-refractivity contribution is 0.128. The fourth-order valence-electron chi connectivity index (χ4n) is 2.89. The summed E-state index contributed by atoms with van der Waals surface area (Å²) in [5.74, 6) is 0. The van der Waals surface area contributed by atoms with Crippen LogP contribution >= 0.6 is 0 Å². The first-order valence-corrected chi connectivity index (χ1v) is 7.42. The number of hydrogen-bond acceptors (Lipinski definition) is 3. The molecule has 0 bridgehead atoms. The second-order valence-electron chi connectivity index (χ2n) is 7.37. The number of rotatable bonds is 5. The van der Waals surface area contributed by atoms with Crippen molar-refractivity contribution < 1.29 is 0 Å². The van der Waals surface area contributed by atoms with Crippen molar-refractivity contribution in [1.29, 1.82) is 0 Å². The van der Waals surface area contributed by atoms with E-state index in [0.29, 0.717) is 11.5 Å². The van der Waals surface area contributed by atoms with Gasteiger partial charge in [-0.25, -0.2) is 0 Å². The number of likely N-dealkylation sites (tertiary alicyclic amines) is 1. The monoisotopic (exact) mass is 255 g/mol. The molecule has 2 N–H and O–H groups in total. The van der Waals surface area contributed by atoms with E-state index in [0.717, 1.165) is 18.9 Å². The number of likely N-dealkylation sites (N-methyl/N-ethyl adjacent to an activating group) is 1. The Kier molecular flexibility index (Phi) is 6.09. The van der Waals surface area contributed by atoms with Crippen LogP contribution in [-0.2, 0) is 0 Å². The highest BCUT2D eigenvalue weighted by atomic mass is 15.2. The van der Waals surface area contributed by atoms with E-state index in [1.54, 1.807) is 0 Å². The molecule has 2 unspecified atom stereocenters. The molecule has 0 aromatic rings. The molecule has 1 rings (SSSR count). The Morgan fingerprint density at radius 3 is 2.56 bits per heavy atom. The minimum atomic E-state index is 0.352. The Bertz CT molecular complexity index is 232. The normalized spacial score (nSPS) is 24.5. The zero-order valence-corrected chi connectivity index (χ0v) is 13.1. The molecule has 1 heterocycles. The first-order valence-electron chi connectivity index (χ1n) is 7.42. The maximum Gasteiger partial charge on any atom is 0.0217 e. The van der Waals surface area contributed by atoms with E-state index in [1.165, 1.54) is 32.5 Å². The summed E-state index contributed by atoms with van der Waals surface area (Å²) in [4.78, 5) is 4.96. The fraction of sp³-hybridized carbons (Fsp3) is 1.00. The summed E-state index contributed by atoms with van der Waals surface area (Å²) in [6.07, 6.45) is 4.93. The van der Waals surface area contributed by atoms with Crippen molar-refractivity contribution in [2.45, 2.75) is 58.5 Å². The fourth-order valence-corrected chi connectivity index (χ4v) is 2.89. The van der Waals surface area contributed by atoms with Gasteiger partial charge >= 0.3 is 0 Å². The maximum atomic E-state index is 6.23. The second-order valence-corrected chi connectivity index (χ2v) is 7.37. The molecule has 0 saturated carbocycles. The topological polar surface area (TPSA) is 32.5 Å². The van der Waals surface area contributed by atoms with Gasteiger partial charge in [-0.15, -0.1) is 0 Å². The zero-order chi connectivity index (χ0) is 13.8. The van der Waals surface area contributed by atoms with E-state index in [4.69, 9.17) is 5.73 Å². The Hall–Kier alpha value is -0.120. The number of nitrogens with two attached hydrogens (primary N) is 1. The summed E-state index contributed by atoms with van der Waals surface area (Å²) in [5.41, 5.74) is 6.59. The van der Waals surface area contributed by atoms with Gasteiger partial charge in [-0.05, 0) is 58.3 Å². The lowest BCUT2D eigenvalue weighted by Gasteiger charge is -2.36. The van der Waals surface area contributed by atoms with Gasteiger partial charge in [-0.2, -0.15) is 0 Å². The maximum absolute atomic E-state index is 6.23. The molecule has 0 spiro atoms. The molecule has 18 heavy (non-hydrogen) atoms. The van der Waals surface area contributed by atoms with E-state index in [-0.39, 0.29) is 0 Å². The van der Waals surface area contributed by atoms with E-state index in [9.17, 15) is 0 Å². The van der Waals surface area contributed by atoms with Crippen LogP contribution in [0.5, 0.6) is 0 Å². The van der Waals surface area contributed by atoms with Crippen LogP contribution in [-0.4, -0.2) is 55.6 Å². The van der Waals surface area contributed by atoms with Gasteiger partial charge in [0.25, 0.3) is 0 Å². The largest absolute Gasteiger partial charge is 0.328 e. The summed E-state index contributed by atoms with van der Waals surface area (Å²) in [6.45, 7) is 10.5. The molecule has 0 aromatic heterocycles. The molecular formula is C15H33N3. The summed E-state index contributed by atoms with van der Waals surface area (Å²) in [6, 6.07) is 1.09. The van der Waals surface area contributed by atoms with Crippen molar-refractivity contribution in [3.63, 3.8) is 0 Å². The smallest absolute Gasteiger partial charge is 0.0217 e. The average molecular weight is 255 g/mol. The quantitative estimate of drug-likeness (QED) is 0.817. The molecule has 3 heteroatoms.